The molecule has 31 heavy (non-hydrogen) atoms. The van der Waals surface area contributed by atoms with E-state index in [1.807, 2.05) is 25.1 Å². The number of benzene rings is 2. The molecule has 2 amide bonds. The maximum atomic E-state index is 12.6. The molecular weight excluding hydrogens is 416 g/mol. The summed E-state index contributed by atoms with van der Waals surface area (Å²) in [7, 11) is -3.24. The number of hydrogen-bond donors (Lipinski definition) is 0. The fourth-order valence-electron chi connectivity index (χ4n) is 4.07. The van der Waals surface area contributed by atoms with E-state index in [9.17, 15) is 18.0 Å². The van der Waals surface area contributed by atoms with Crippen LogP contribution in [0.1, 0.15) is 33.6 Å². The highest BCUT2D eigenvalue weighted by atomic mass is 32.2. The van der Waals surface area contributed by atoms with Crippen molar-refractivity contribution in [1.29, 1.82) is 0 Å². The Hall–Kier alpha value is -2.87. The Balaban J connectivity index is 1.73. The first kappa shape index (κ1) is 21.4. The van der Waals surface area contributed by atoms with E-state index in [-0.39, 0.29) is 23.8 Å². The van der Waals surface area contributed by atoms with E-state index in [0.717, 1.165) is 24.0 Å². The third-order valence-corrected chi connectivity index (χ3v) is 8.00. The largest absolute Gasteiger partial charge is 0.449 e. The summed E-state index contributed by atoms with van der Waals surface area (Å²) in [5.74, 6) is -0.0976. The van der Waals surface area contributed by atoms with Crippen molar-refractivity contribution in [3.05, 3.63) is 42.5 Å². The number of sulfone groups is 1. The molecule has 0 bridgehead atoms. The Morgan fingerprint density at radius 2 is 1.68 bits per heavy atom. The van der Waals surface area contributed by atoms with Crippen LogP contribution in [0.2, 0.25) is 0 Å². The van der Waals surface area contributed by atoms with Crippen LogP contribution in [0.4, 0.5) is 16.2 Å². The average molecular weight is 443 g/mol. The van der Waals surface area contributed by atoms with Gasteiger partial charge in [-0.05, 0) is 62.1 Å². The quantitative estimate of drug-likeness (QED) is 0.714. The molecule has 4 rings (SSSR count). The zero-order valence-corrected chi connectivity index (χ0v) is 18.7. The molecule has 164 valence electrons. The van der Waals surface area contributed by atoms with Gasteiger partial charge in [-0.1, -0.05) is 18.2 Å². The van der Waals surface area contributed by atoms with Gasteiger partial charge >= 0.3 is 6.09 Å². The lowest BCUT2D eigenvalue weighted by atomic mass is 10.0. The van der Waals surface area contributed by atoms with Crippen LogP contribution in [0.15, 0.2) is 47.4 Å². The summed E-state index contributed by atoms with van der Waals surface area (Å²) < 4.78 is 30.1. The molecule has 1 aliphatic heterocycles. The van der Waals surface area contributed by atoms with Gasteiger partial charge < -0.3 is 9.64 Å². The smallest absolute Gasteiger partial charge is 0.414 e. The predicted molar refractivity (Wildman–Crippen MR) is 119 cm³/mol. The first-order valence-electron chi connectivity index (χ1n) is 10.5. The Morgan fingerprint density at radius 3 is 2.26 bits per heavy atom. The van der Waals surface area contributed by atoms with Crippen LogP contribution < -0.4 is 9.80 Å². The van der Waals surface area contributed by atoms with E-state index in [0.29, 0.717) is 22.8 Å². The van der Waals surface area contributed by atoms with Crippen molar-refractivity contribution >= 4 is 33.2 Å². The van der Waals surface area contributed by atoms with E-state index in [1.54, 1.807) is 41.0 Å². The van der Waals surface area contributed by atoms with Crippen molar-refractivity contribution in [3.63, 3.8) is 0 Å². The summed E-state index contributed by atoms with van der Waals surface area (Å²) in [5, 5.41) is -0.250. The molecule has 1 heterocycles. The van der Waals surface area contributed by atoms with E-state index < -0.39 is 15.9 Å². The van der Waals surface area contributed by atoms with E-state index >= 15 is 0 Å². The summed E-state index contributed by atoms with van der Waals surface area (Å²) in [6.07, 6.45) is 0.995. The zero-order valence-electron chi connectivity index (χ0n) is 17.9. The minimum Gasteiger partial charge on any atom is -0.449 e. The van der Waals surface area contributed by atoms with E-state index in [4.69, 9.17) is 4.74 Å². The fraction of sp³-hybridized carbons (Fsp3) is 0.391. The number of amides is 2. The fourth-order valence-corrected chi connectivity index (χ4v) is 5.72. The van der Waals surface area contributed by atoms with Gasteiger partial charge in [0, 0.05) is 13.5 Å². The molecule has 1 atom stereocenters. The van der Waals surface area contributed by atoms with E-state index in [2.05, 4.69) is 0 Å². The lowest BCUT2D eigenvalue weighted by molar-refractivity contribution is -0.117. The first-order chi connectivity index (χ1) is 14.7. The lowest BCUT2D eigenvalue weighted by Gasteiger charge is -2.40. The summed E-state index contributed by atoms with van der Waals surface area (Å²) >= 11 is 0. The predicted octanol–water partition coefficient (Wildman–Crippen LogP) is 4.01. The topological polar surface area (TPSA) is 84.0 Å². The average Bonchev–Trinajstić information content (AvgIpc) is 3.59. The molecule has 1 saturated carbocycles. The highest BCUT2D eigenvalue weighted by Gasteiger charge is 2.37. The minimum absolute atomic E-state index is 0.0976. The van der Waals surface area contributed by atoms with Crippen molar-refractivity contribution < 1.29 is 22.7 Å². The van der Waals surface area contributed by atoms with Gasteiger partial charge in [-0.25, -0.2) is 13.2 Å². The molecule has 1 fully saturated rings. The van der Waals surface area contributed by atoms with Crippen LogP contribution in [0.25, 0.3) is 11.1 Å². The number of rotatable bonds is 4. The molecule has 0 N–H and O–H groups in total. The van der Waals surface area contributed by atoms with Gasteiger partial charge in [0.05, 0.1) is 34.2 Å². The number of fused-ring (bicyclic) bond motifs is 1. The third kappa shape index (κ3) is 3.92. The molecule has 0 saturated heterocycles. The van der Waals surface area contributed by atoms with Crippen LogP contribution in [0.5, 0.6) is 0 Å². The number of anilines is 2. The third-order valence-electron chi connectivity index (χ3n) is 5.72. The molecule has 2 aliphatic rings. The second-order valence-electron chi connectivity index (χ2n) is 8.02. The molecule has 0 unspecified atom stereocenters. The van der Waals surface area contributed by atoms with Crippen LogP contribution in [-0.4, -0.2) is 44.9 Å². The Morgan fingerprint density at radius 1 is 1.03 bits per heavy atom. The van der Waals surface area contributed by atoms with Gasteiger partial charge in [0.2, 0.25) is 5.91 Å². The number of hydrogen-bond acceptors (Lipinski definition) is 5. The van der Waals surface area contributed by atoms with Crippen LogP contribution in [0, 0.1) is 0 Å². The van der Waals surface area contributed by atoms with Gasteiger partial charge in [-0.15, -0.1) is 0 Å². The van der Waals surface area contributed by atoms with Crippen molar-refractivity contribution in [3.8, 4) is 11.1 Å². The van der Waals surface area contributed by atoms with Gasteiger partial charge in [0.15, 0.2) is 9.84 Å². The highest BCUT2D eigenvalue weighted by Crippen LogP contribution is 2.40. The second-order valence-corrected chi connectivity index (χ2v) is 10.2. The summed E-state index contributed by atoms with van der Waals surface area (Å²) in [6.45, 7) is 5.73. The Kier molecular flexibility index (Phi) is 5.51. The number of carbonyl (C=O) groups is 2. The summed E-state index contributed by atoms with van der Waals surface area (Å²) in [6, 6.07) is 12.2. The molecule has 0 spiro atoms. The molecule has 2 aromatic carbocycles. The molecule has 0 aromatic heterocycles. The second kappa shape index (κ2) is 8.00. The summed E-state index contributed by atoms with van der Waals surface area (Å²) in [5.41, 5.74) is 2.89. The molecule has 8 heteroatoms. The molecular formula is C23H26N2O5S. The monoisotopic (exact) mass is 442 g/mol. The zero-order chi connectivity index (χ0) is 22.3. The summed E-state index contributed by atoms with van der Waals surface area (Å²) in [4.78, 5) is 28.4. The van der Waals surface area contributed by atoms with Crippen molar-refractivity contribution in [2.45, 2.75) is 49.8 Å². The van der Waals surface area contributed by atoms with Crippen LogP contribution in [0.3, 0.4) is 0 Å². The lowest BCUT2D eigenvalue weighted by Crippen LogP contribution is -2.51. The molecule has 7 nitrogen and oxygen atoms in total. The Labute approximate surface area is 182 Å². The van der Waals surface area contributed by atoms with Crippen LogP contribution in [-0.2, 0) is 19.4 Å². The maximum absolute atomic E-state index is 12.6. The first-order valence-corrected chi connectivity index (χ1v) is 12.0. The molecule has 1 aliphatic carbocycles. The van der Waals surface area contributed by atoms with Crippen molar-refractivity contribution in [2.75, 3.05) is 23.0 Å². The maximum Gasteiger partial charge on any atom is 0.414 e. The Bertz CT molecular complexity index is 1120. The van der Waals surface area contributed by atoms with Gasteiger partial charge in [0.25, 0.3) is 0 Å². The molecule has 2 aromatic rings. The normalized spacial score (nSPS) is 18.5. The SMILES string of the molecule is CCOC(=O)N1C[C@H](C)N(C(C)=O)c2ccc(-c3ccc(S(=O)(=O)C4CC4)cc3)cc21. The van der Waals surface area contributed by atoms with Crippen molar-refractivity contribution in [1.82, 2.24) is 0 Å². The number of carbonyl (C=O) groups excluding carboxylic acids is 2. The standard InChI is InChI=1S/C23H26N2O5S/c1-4-30-23(27)24-14-15(2)25(16(3)26)21-12-7-18(13-22(21)24)17-5-8-19(9-6-17)31(28,29)20-10-11-20/h5-9,12-13,15,20H,4,10-11,14H2,1-3H3/t15-/m0/s1. The van der Waals surface area contributed by atoms with E-state index in [1.165, 1.54) is 6.92 Å². The van der Waals surface area contributed by atoms with Gasteiger partial charge in [-0.3, -0.25) is 9.69 Å². The molecule has 0 radical (unpaired) electrons. The minimum atomic E-state index is -3.24. The number of nitrogens with zero attached hydrogens (tertiary/aromatic N) is 2. The van der Waals surface area contributed by atoms with Crippen molar-refractivity contribution in [2.24, 2.45) is 0 Å². The highest BCUT2D eigenvalue weighted by molar-refractivity contribution is 7.92. The van der Waals surface area contributed by atoms with Crippen LogP contribution >= 0.6 is 0 Å². The number of ether oxygens (including phenoxy) is 1. The van der Waals surface area contributed by atoms with Gasteiger partial charge in [-0.2, -0.15) is 0 Å². The van der Waals surface area contributed by atoms with Gasteiger partial charge in [0.1, 0.15) is 0 Å².